The average molecular weight is 364 g/mol. The number of sulfone groups is 1. The molecule has 1 saturated heterocycles. The zero-order chi connectivity index (χ0) is 14.9. The Morgan fingerprint density at radius 2 is 1.95 bits per heavy atom. The Morgan fingerprint density at radius 3 is 2.45 bits per heavy atom. The minimum atomic E-state index is -2.95. The van der Waals surface area contributed by atoms with Crippen LogP contribution in [0.5, 0.6) is 11.5 Å². The van der Waals surface area contributed by atoms with Crippen LogP contribution in [0.2, 0.25) is 0 Å². The molecule has 0 radical (unpaired) electrons. The zero-order valence-corrected chi connectivity index (χ0v) is 13.8. The Balaban J connectivity index is 2.36. The normalized spacial score (nSPS) is 22.5. The molecule has 2 atom stereocenters. The quantitative estimate of drug-likeness (QED) is 0.883. The van der Waals surface area contributed by atoms with E-state index in [0.717, 1.165) is 10.0 Å². The van der Waals surface area contributed by atoms with Crippen molar-refractivity contribution in [1.82, 2.24) is 0 Å². The molecule has 0 amide bonds. The van der Waals surface area contributed by atoms with Crippen LogP contribution in [0.4, 0.5) is 0 Å². The molecule has 0 saturated carbocycles. The van der Waals surface area contributed by atoms with Gasteiger partial charge in [-0.2, -0.15) is 0 Å². The zero-order valence-electron chi connectivity index (χ0n) is 11.4. The summed E-state index contributed by atoms with van der Waals surface area (Å²) in [7, 11) is 0.183. The van der Waals surface area contributed by atoms with Crippen LogP contribution in [-0.4, -0.2) is 34.1 Å². The Hall–Kier alpha value is -0.790. The molecule has 0 bridgehead atoms. The maximum Gasteiger partial charge on any atom is 0.150 e. The Kier molecular flexibility index (Phi) is 4.61. The lowest BCUT2D eigenvalue weighted by Crippen LogP contribution is -2.23. The van der Waals surface area contributed by atoms with Gasteiger partial charge in [0.2, 0.25) is 0 Å². The van der Waals surface area contributed by atoms with Crippen molar-refractivity contribution in [3.05, 3.63) is 22.2 Å². The van der Waals surface area contributed by atoms with Crippen LogP contribution in [0.15, 0.2) is 16.6 Å². The first kappa shape index (κ1) is 15.6. The molecule has 0 aliphatic carbocycles. The second-order valence-corrected chi connectivity index (χ2v) is 8.00. The smallest absolute Gasteiger partial charge is 0.150 e. The summed E-state index contributed by atoms with van der Waals surface area (Å²) >= 11 is 3.39. The van der Waals surface area contributed by atoms with Gasteiger partial charge in [0, 0.05) is 11.6 Å². The highest BCUT2D eigenvalue weighted by atomic mass is 79.9. The molecule has 2 N–H and O–H groups in total. The monoisotopic (exact) mass is 363 g/mol. The lowest BCUT2D eigenvalue weighted by Gasteiger charge is -2.22. The van der Waals surface area contributed by atoms with E-state index in [1.165, 1.54) is 0 Å². The predicted octanol–water partition coefficient (Wildman–Crippen LogP) is 1.90. The number of benzene rings is 1. The number of nitrogens with two attached hydrogens (primary N) is 1. The number of halogens is 1. The number of rotatable bonds is 4. The van der Waals surface area contributed by atoms with Gasteiger partial charge in [-0.1, -0.05) is 0 Å². The first-order valence-electron chi connectivity index (χ1n) is 6.25. The average Bonchev–Trinajstić information content (AvgIpc) is 2.78. The second-order valence-electron chi connectivity index (χ2n) is 4.92. The van der Waals surface area contributed by atoms with Crippen molar-refractivity contribution < 1.29 is 17.9 Å². The molecule has 0 spiro atoms. The summed E-state index contributed by atoms with van der Waals surface area (Å²) in [5.74, 6) is 1.54. The van der Waals surface area contributed by atoms with Crippen LogP contribution in [0, 0.1) is 5.92 Å². The molecule has 7 heteroatoms. The van der Waals surface area contributed by atoms with Crippen LogP contribution in [-0.2, 0) is 9.84 Å². The van der Waals surface area contributed by atoms with E-state index in [1.807, 2.05) is 0 Å². The molecule has 5 nitrogen and oxygen atoms in total. The molecule has 1 heterocycles. The van der Waals surface area contributed by atoms with Crippen molar-refractivity contribution >= 4 is 25.8 Å². The van der Waals surface area contributed by atoms with E-state index in [9.17, 15) is 8.42 Å². The summed E-state index contributed by atoms with van der Waals surface area (Å²) in [5.41, 5.74) is 7.03. The summed E-state index contributed by atoms with van der Waals surface area (Å²) in [6.45, 7) is 0. The van der Waals surface area contributed by atoms with Gasteiger partial charge in [0.15, 0.2) is 9.84 Å². The van der Waals surface area contributed by atoms with Gasteiger partial charge in [0.1, 0.15) is 11.5 Å². The van der Waals surface area contributed by atoms with Gasteiger partial charge in [-0.15, -0.1) is 0 Å². The summed E-state index contributed by atoms with van der Waals surface area (Å²) in [6.07, 6.45) is 0.588. The van der Waals surface area contributed by atoms with Gasteiger partial charge in [-0.05, 0) is 40.4 Å². The summed E-state index contributed by atoms with van der Waals surface area (Å²) in [5, 5.41) is 0. The van der Waals surface area contributed by atoms with Crippen molar-refractivity contribution in [2.45, 2.75) is 12.5 Å². The maximum absolute atomic E-state index is 11.6. The molecule has 1 fully saturated rings. The van der Waals surface area contributed by atoms with Crippen LogP contribution >= 0.6 is 15.9 Å². The largest absolute Gasteiger partial charge is 0.496 e. The van der Waals surface area contributed by atoms with E-state index in [1.54, 1.807) is 26.4 Å². The Labute approximate surface area is 127 Å². The van der Waals surface area contributed by atoms with E-state index in [0.29, 0.717) is 17.9 Å². The molecule has 1 aromatic rings. The first-order chi connectivity index (χ1) is 9.38. The van der Waals surface area contributed by atoms with E-state index in [-0.39, 0.29) is 23.5 Å². The van der Waals surface area contributed by atoms with E-state index >= 15 is 0 Å². The summed E-state index contributed by atoms with van der Waals surface area (Å²) in [4.78, 5) is 0. The Bertz CT molecular complexity index is 603. The van der Waals surface area contributed by atoms with E-state index in [2.05, 4.69) is 15.9 Å². The summed E-state index contributed by atoms with van der Waals surface area (Å²) < 4.78 is 34.6. The predicted molar refractivity (Wildman–Crippen MR) is 80.9 cm³/mol. The molecule has 112 valence electrons. The van der Waals surface area contributed by atoms with Gasteiger partial charge >= 0.3 is 0 Å². The molecule has 2 unspecified atom stereocenters. The number of hydrogen-bond donors (Lipinski definition) is 1. The van der Waals surface area contributed by atoms with Crippen molar-refractivity contribution in [2.24, 2.45) is 11.7 Å². The highest BCUT2D eigenvalue weighted by Gasteiger charge is 2.34. The Morgan fingerprint density at radius 1 is 1.30 bits per heavy atom. The maximum atomic E-state index is 11.6. The third-order valence-corrected chi connectivity index (χ3v) is 6.05. The topological polar surface area (TPSA) is 78.6 Å². The SMILES string of the molecule is COc1cc(C(N)C2CCS(=O)(=O)C2)c(OC)cc1Br. The van der Waals surface area contributed by atoms with Crippen LogP contribution in [0.1, 0.15) is 18.0 Å². The first-order valence-corrected chi connectivity index (χ1v) is 8.87. The molecular formula is C13H18BrNO4S. The fourth-order valence-electron chi connectivity index (χ4n) is 2.51. The van der Waals surface area contributed by atoms with E-state index < -0.39 is 9.84 Å². The highest BCUT2D eigenvalue weighted by molar-refractivity contribution is 9.10. The lowest BCUT2D eigenvalue weighted by atomic mass is 9.92. The fourth-order valence-corrected chi connectivity index (χ4v) is 4.84. The van der Waals surface area contributed by atoms with E-state index in [4.69, 9.17) is 15.2 Å². The standard InChI is InChI=1S/C13H18BrNO4S/c1-18-11-6-10(14)12(19-2)5-9(11)13(15)8-3-4-20(16,17)7-8/h5-6,8,13H,3-4,7,15H2,1-2H3. The van der Waals surface area contributed by atoms with Crippen LogP contribution in [0.3, 0.4) is 0 Å². The molecule has 1 aromatic carbocycles. The van der Waals surface area contributed by atoms with Gasteiger partial charge in [0.05, 0.1) is 30.2 Å². The van der Waals surface area contributed by atoms with Crippen molar-refractivity contribution in [3.8, 4) is 11.5 Å². The number of hydrogen-bond acceptors (Lipinski definition) is 5. The number of ether oxygens (including phenoxy) is 2. The number of methoxy groups -OCH3 is 2. The van der Waals surface area contributed by atoms with Crippen LogP contribution < -0.4 is 15.2 Å². The van der Waals surface area contributed by atoms with Crippen molar-refractivity contribution in [1.29, 1.82) is 0 Å². The third kappa shape index (κ3) is 3.10. The second kappa shape index (κ2) is 5.91. The molecule has 1 aliphatic heterocycles. The molecule has 2 rings (SSSR count). The molecule has 1 aliphatic rings. The third-order valence-electron chi connectivity index (χ3n) is 3.64. The minimum Gasteiger partial charge on any atom is -0.496 e. The van der Waals surface area contributed by atoms with Crippen LogP contribution in [0.25, 0.3) is 0 Å². The highest BCUT2D eigenvalue weighted by Crippen LogP contribution is 2.39. The lowest BCUT2D eigenvalue weighted by molar-refractivity contribution is 0.382. The fraction of sp³-hybridized carbons (Fsp3) is 0.538. The van der Waals surface area contributed by atoms with Gasteiger partial charge in [-0.25, -0.2) is 8.42 Å². The van der Waals surface area contributed by atoms with Crippen molar-refractivity contribution in [2.75, 3.05) is 25.7 Å². The van der Waals surface area contributed by atoms with Gasteiger partial charge < -0.3 is 15.2 Å². The van der Waals surface area contributed by atoms with Crippen molar-refractivity contribution in [3.63, 3.8) is 0 Å². The molecular weight excluding hydrogens is 346 g/mol. The molecule has 20 heavy (non-hydrogen) atoms. The molecule has 0 aromatic heterocycles. The minimum absolute atomic E-state index is 0.0835. The van der Waals surface area contributed by atoms with Gasteiger partial charge in [-0.3, -0.25) is 0 Å². The summed E-state index contributed by atoms with van der Waals surface area (Å²) in [6, 6.07) is 3.21. The van der Waals surface area contributed by atoms with Gasteiger partial charge in [0.25, 0.3) is 0 Å².